The van der Waals surface area contributed by atoms with Crippen LogP contribution in [-0.4, -0.2) is 36.7 Å². The van der Waals surface area contributed by atoms with E-state index in [-0.39, 0.29) is 12.3 Å². The van der Waals surface area contributed by atoms with Gasteiger partial charge in [0.2, 0.25) is 0 Å². The Hall–Kier alpha value is -3.88. The van der Waals surface area contributed by atoms with Crippen molar-refractivity contribution in [3.05, 3.63) is 70.3 Å². The third-order valence-corrected chi connectivity index (χ3v) is 5.70. The fraction of sp³-hybridized carbons (Fsp3) is 0.360. The molecule has 0 amide bonds. The Morgan fingerprint density at radius 1 is 1.06 bits per heavy atom. The summed E-state index contributed by atoms with van der Waals surface area (Å²) in [7, 11) is 3.14. The van der Waals surface area contributed by atoms with Crippen molar-refractivity contribution in [2.24, 2.45) is 13.0 Å². The third kappa shape index (κ3) is 4.88. The van der Waals surface area contributed by atoms with Crippen LogP contribution in [0.3, 0.4) is 0 Å². The molecule has 4 rings (SSSR count). The van der Waals surface area contributed by atoms with Crippen LogP contribution in [0, 0.1) is 12.8 Å². The molecule has 4 aromatic rings. The highest BCUT2D eigenvalue weighted by Gasteiger charge is 2.16. The molecule has 9 heteroatoms. The lowest BCUT2D eigenvalue weighted by Gasteiger charge is -2.15. The summed E-state index contributed by atoms with van der Waals surface area (Å²) in [4.78, 5) is 12.4. The Morgan fingerprint density at radius 2 is 1.88 bits per heavy atom. The van der Waals surface area contributed by atoms with Gasteiger partial charge in [-0.1, -0.05) is 19.9 Å². The molecule has 178 valence electrons. The van der Waals surface area contributed by atoms with Gasteiger partial charge in [0, 0.05) is 25.4 Å². The molecule has 0 spiro atoms. The molecule has 0 aliphatic carbocycles. The van der Waals surface area contributed by atoms with Crippen LogP contribution in [0.2, 0.25) is 0 Å². The first kappa shape index (κ1) is 23.3. The van der Waals surface area contributed by atoms with Gasteiger partial charge in [0.1, 0.15) is 18.1 Å². The fourth-order valence-corrected chi connectivity index (χ4v) is 3.70. The van der Waals surface area contributed by atoms with Gasteiger partial charge in [-0.05, 0) is 71.7 Å². The van der Waals surface area contributed by atoms with Crippen molar-refractivity contribution in [3.63, 3.8) is 0 Å². The second-order valence-electron chi connectivity index (χ2n) is 8.67. The number of nitrogens with zero attached hydrogens (tertiary/aromatic N) is 6. The summed E-state index contributed by atoms with van der Waals surface area (Å²) in [6.07, 6.45) is 3.12. The maximum absolute atomic E-state index is 12.4. The number of aryl methyl sites for hydroxylation is 3. The second kappa shape index (κ2) is 9.94. The average molecular weight is 463 g/mol. The maximum Gasteiger partial charge on any atom is 0.368 e. The van der Waals surface area contributed by atoms with Crippen molar-refractivity contribution in [1.82, 2.24) is 29.6 Å². The van der Waals surface area contributed by atoms with Crippen molar-refractivity contribution in [2.75, 3.05) is 7.11 Å². The molecule has 2 aromatic carbocycles. The SMILES string of the molecule is COc1cccc(-n2nnn(C)c2=O)c1COc1ccc(-c2ccn(CCC(C)C)n2)cc1C. The molecule has 0 radical (unpaired) electrons. The van der Waals surface area contributed by atoms with Gasteiger partial charge in [-0.15, -0.1) is 0 Å². The first-order valence-corrected chi connectivity index (χ1v) is 11.3. The van der Waals surface area contributed by atoms with Crippen molar-refractivity contribution in [2.45, 2.75) is 40.3 Å². The molecule has 0 unspecified atom stereocenters. The summed E-state index contributed by atoms with van der Waals surface area (Å²) < 4.78 is 16.1. The van der Waals surface area contributed by atoms with E-state index in [9.17, 15) is 4.79 Å². The minimum Gasteiger partial charge on any atom is -0.496 e. The maximum atomic E-state index is 12.4. The van der Waals surface area contributed by atoms with Gasteiger partial charge in [-0.3, -0.25) is 4.68 Å². The van der Waals surface area contributed by atoms with Gasteiger partial charge in [-0.2, -0.15) is 14.5 Å². The van der Waals surface area contributed by atoms with Crippen LogP contribution in [0.4, 0.5) is 0 Å². The number of hydrogen-bond donors (Lipinski definition) is 0. The quantitative estimate of drug-likeness (QED) is 0.376. The number of hydrogen-bond acceptors (Lipinski definition) is 6. The molecule has 0 saturated heterocycles. The second-order valence-corrected chi connectivity index (χ2v) is 8.67. The average Bonchev–Trinajstić information content (AvgIpc) is 3.43. The number of aromatic nitrogens is 6. The van der Waals surface area contributed by atoms with Gasteiger partial charge in [0.05, 0.1) is 24.1 Å². The zero-order valence-electron chi connectivity index (χ0n) is 20.2. The highest BCUT2D eigenvalue weighted by atomic mass is 16.5. The molecule has 0 N–H and O–H groups in total. The molecule has 0 fully saturated rings. The zero-order chi connectivity index (χ0) is 24.2. The van der Waals surface area contributed by atoms with Crippen LogP contribution < -0.4 is 15.2 Å². The van der Waals surface area contributed by atoms with Crippen LogP contribution >= 0.6 is 0 Å². The van der Waals surface area contributed by atoms with E-state index in [1.165, 1.54) is 9.36 Å². The number of rotatable bonds is 9. The monoisotopic (exact) mass is 462 g/mol. The van der Waals surface area contributed by atoms with Crippen LogP contribution in [0.25, 0.3) is 16.9 Å². The van der Waals surface area contributed by atoms with E-state index >= 15 is 0 Å². The molecular formula is C25H30N6O3. The Kier molecular flexibility index (Phi) is 6.81. The van der Waals surface area contributed by atoms with Gasteiger partial charge in [-0.25, -0.2) is 4.79 Å². The predicted octanol–water partition coefficient (Wildman–Crippen LogP) is 3.77. The summed E-state index contributed by atoms with van der Waals surface area (Å²) in [5.41, 5.74) is 3.90. The number of tetrazole rings is 1. The summed E-state index contributed by atoms with van der Waals surface area (Å²) in [5.74, 6) is 1.99. The van der Waals surface area contributed by atoms with Crippen molar-refractivity contribution in [3.8, 4) is 28.4 Å². The lowest BCUT2D eigenvalue weighted by molar-refractivity contribution is 0.294. The van der Waals surface area contributed by atoms with E-state index < -0.39 is 0 Å². The molecule has 0 bridgehead atoms. The fourth-order valence-electron chi connectivity index (χ4n) is 3.70. The van der Waals surface area contributed by atoms with E-state index in [2.05, 4.69) is 30.3 Å². The Morgan fingerprint density at radius 3 is 2.56 bits per heavy atom. The Balaban J connectivity index is 1.55. The number of methoxy groups -OCH3 is 1. The molecule has 0 saturated carbocycles. The van der Waals surface area contributed by atoms with Gasteiger partial charge in [0.25, 0.3) is 0 Å². The number of ether oxygens (including phenoxy) is 2. The van der Waals surface area contributed by atoms with E-state index in [4.69, 9.17) is 14.6 Å². The highest BCUT2D eigenvalue weighted by Crippen LogP contribution is 2.29. The van der Waals surface area contributed by atoms with Crippen molar-refractivity contribution in [1.29, 1.82) is 0 Å². The third-order valence-electron chi connectivity index (χ3n) is 5.70. The normalized spacial score (nSPS) is 11.2. The van der Waals surface area contributed by atoms with Gasteiger partial charge in [0.15, 0.2) is 0 Å². The lowest BCUT2D eigenvalue weighted by atomic mass is 10.1. The van der Waals surface area contributed by atoms with Gasteiger partial charge < -0.3 is 9.47 Å². The summed E-state index contributed by atoms with van der Waals surface area (Å²) in [6.45, 7) is 7.54. The number of benzene rings is 2. The van der Waals surface area contributed by atoms with E-state index in [0.717, 1.165) is 35.5 Å². The Bertz CT molecular complexity index is 1330. The van der Waals surface area contributed by atoms with Crippen LogP contribution in [0.5, 0.6) is 11.5 Å². The molecule has 34 heavy (non-hydrogen) atoms. The van der Waals surface area contributed by atoms with Crippen molar-refractivity contribution < 1.29 is 9.47 Å². The first-order valence-electron chi connectivity index (χ1n) is 11.3. The molecule has 2 heterocycles. The predicted molar refractivity (Wildman–Crippen MR) is 129 cm³/mol. The topological polar surface area (TPSA) is 89.0 Å². The summed E-state index contributed by atoms with van der Waals surface area (Å²) >= 11 is 0. The largest absolute Gasteiger partial charge is 0.496 e. The van der Waals surface area contributed by atoms with Crippen LogP contribution in [-0.2, 0) is 20.2 Å². The Labute approximate surface area is 198 Å². The molecule has 0 aliphatic rings. The highest BCUT2D eigenvalue weighted by molar-refractivity contribution is 5.61. The summed E-state index contributed by atoms with van der Waals surface area (Å²) in [6, 6.07) is 13.5. The summed E-state index contributed by atoms with van der Waals surface area (Å²) in [5, 5.41) is 12.5. The van der Waals surface area contributed by atoms with E-state index in [1.807, 2.05) is 42.1 Å². The minimum absolute atomic E-state index is 0.201. The lowest BCUT2D eigenvalue weighted by Crippen LogP contribution is -2.23. The molecule has 9 nitrogen and oxygen atoms in total. The van der Waals surface area contributed by atoms with E-state index in [0.29, 0.717) is 22.9 Å². The standard InChI is InChI=1S/C25H30N6O3/c1-17(2)11-13-30-14-12-21(26-30)19-9-10-23(18(3)15-19)34-16-20-22(7-6-8-24(20)33-5)31-25(32)29(4)27-28-31/h6-10,12,14-15,17H,11,13,16H2,1-5H3. The molecule has 0 atom stereocenters. The molecular weight excluding hydrogens is 432 g/mol. The van der Waals surface area contributed by atoms with Crippen molar-refractivity contribution >= 4 is 0 Å². The van der Waals surface area contributed by atoms with Crippen LogP contribution in [0.15, 0.2) is 53.5 Å². The molecule has 2 aromatic heterocycles. The van der Waals surface area contributed by atoms with E-state index in [1.54, 1.807) is 26.3 Å². The van der Waals surface area contributed by atoms with Gasteiger partial charge >= 0.3 is 5.69 Å². The minimum atomic E-state index is -0.345. The first-order chi connectivity index (χ1) is 16.4. The van der Waals surface area contributed by atoms with Crippen LogP contribution in [0.1, 0.15) is 31.4 Å². The zero-order valence-corrected chi connectivity index (χ0v) is 20.2. The molecule has 0 aliphatic heterocycles. The smallest absolute Gasteiger partial charge is 0.368 e.